The van der Waals surface area contributed by atoms with E-state index in [4.69, 9.17) is 5.11 Å². The molecule has 0 unspecified atom stereocenters. The molecule has 0 bridgehead atoms. The Morgan fingerprint density at radius 2 is 2.44 bits per heavy atom. The summed E-state index contributed by atoms with van der Waals surface area (Å²) in [7, 11) is 0. The van der Waals surface area contributed by atoms with E-state index < -0.39 is 6.09 Å². The van der Waals surface area contributed by atoms with Gasteiger partial charge in [0.1, 0.15) is 0 Å². The first-order chi connectivity index (χ1) is 7.65. The first-order valence-corrected chi connectivity index (χ1v) is 5.20. The van der Waals surface area contributed by atoms with Crippen LogP contribution < -0.4 is 10.2 Å². The smallest absolute Gasteiger partial charge is 0.404 e. The highest BCUT2D eigenvalue weighted by molar-refractivity contribution is 5.65. The van der Waals surface area contributed by atoms with Crippen molar-refractivity contribution in [2.24, 2.45) is 0 Å². The van der Waals surface area contributed by atoms with Gasteiger partial charge < -0.3 is 15.3 Å². The summed E-state index contributed by atoms with van der Waals surface area (Å²) >= 11 is 0. The number of hydrogen-bond donors (Lipinski definition) is 2. The number of carboxylic acid groups (broad SMARTS) is 1. The van der Waals surface area contributed by atoms with E-state index in [9.17, 15) is 4.79 Å². The average Bonchev–Trinajstić information content (AvgIpc) is 2.66. The molecule has 2 N–H and O–H groups in total. The highest BCUT2D eigenvalue weighted by atomic mass is 16.4. The van der Waals surface area contributed by atoms with Crippen molar-refractivity contribution in [2.45, 2.75) is 19.4 Å². The Balaban J connectivity index is 0.00000144. The third-order valence-electron chi connectivity index (χ3n) is 2.62. The van der Waals surface area contributed by atoms with Crippen LogP contribution in [0.25, 0.3) is 0 Å². The van der Waals surface area contributed by atoms with E-state index in [0.29, 0.717) is 6.54 Å². The maximum absolute atomic E-state index is 10.5. The predicted molar refractivity (Wildman–Crippen MR) is 60.7 cm³/mol. The van der Waals surface area contributed by atoms with E-state index in [-0.39, 0.29) is 7.47 Å². The average molecular weight is 224 g/mol. The molecule has 0 saturated carbocycles. The van der Waals surface area contributed by atoms with Gasteiger partial charge >= 0.3 is 6.09 Å². The predicted octanol–water partition coefficient (Wildman–Crippen LogP) is 0.877. The molecule has 1 fully saturated rings. The molecule has 0 aromatic carbocycles. The van der Waals surface area contributed by atoms with Gasteiger partial charge in [0.25, 0.3) is 0 Å². The fourth-order valence-corrected chi connectivity index (χ4v) is 1.82. The molecule has 1 saturated heterocycles. The van der Waals surface area contributed by atoms with Crippen LogP contribution in [0.1, 0.15) is 13.5 Å². The Morgan fingerprint density at radius 1 is 1.62 bits per heavy atom. The second-order valence-electron chi connectivity index (χ2n) is 3.91. The van der Waals surface area contributed by atoms with E-state index in [2.05, 4.69) is 15.5 Å². The first kappa shape index (κ1) is 10.7. The van der Waals surface area contributed by atoms with Gasteiger partial charge in [0.15, 0.2) is 5.82 Å². The Bertz CT molecular complexity index is 384. The Hall–Kier alpha value is -1.85. The minimum Gasteiger partial charge on any atom is -0.465 e. The molecule has 1 aromatic rings. The summed E-state index contributed by atoms with van der Waals surface area (Å²) in [6.45, 7) is 3.35. The van der Waals surface area contributed by atoms with E-state index in [1.54, 1.807) is 0 Å². The van der Waals surface area contributed by atoms with Crippen molar-refractivity contribution in [3.8, 4) is 0 Å². The van der Waals surface area contributed by atoms with Gasteiger partial charge in [-0.2, -0.15) is 5.10 Å². The van der Waals surface area contributed by atoms with Crippen molar-refractivity contribution in [1.82, 2.24) is 15.5 Å². The van der Waals surface area contributed by atoms with Crippen LogP contribution in [-0.2, 0) is 0 Å². The van der Waals surface area contributed by atoms with Crippen LogP contribution in [0.5, 0.6) is 0 Å². The van der Waals surface area contributed by atoms with Crippen molar-refractivity contribution in [3.05, 3.63) is 17.8 Å². The summed E-state index contributed by atoms with van der Waals surface area (Å²) in [6, 6.07) is 3.80. The number of aryl methyl sites for hydroxylation is 1. The lowest BCUT2D eigenvalue weighted by Crippen LogP contribution is -2.36. The summed E-state index contributed by atoms with van der Waals surface area (Å²) in [5.74, 6) is 0.806. The zero-order chi connectivity index (χ0) is 11.5. The number of aromatic nitrogens is 2. The lowest BCUT2D eigenvalue weighted by molar-refractivity contribution is 0.191. The van der Waals surface area contributed by atoms with E-state index in [0.717, 1.165) is 24.5 Å². The third-order valence-corrected chi connectivity index (χ3v) is 2.62. The quantitative estimate of drug-likeness (QED) is 0.779. The molecular weight excluding hydrogens is 208 g/mol. The standard InChI is InChI=1S/C10H14N4O2.H2/c1-7-2-3-9(13-12-7)14-5-4-8(6-14)11-10(15)16;/h2-3,8,11H,4-6H2,1H3,(H,15,16);1H/t8-;/m1./s1. The van der Waals surface area contributed by atoms with Gasteiger partial charge in [-0.05, 0) is 25.5 Å². The van der Waals surface area contributed by atoms with Crippen molar-refractivity contribution in [2.75, 3.05) is 18.0 Å². The fraction of sp³-hybridized carbons (Fsp3) is 0.500. The second-order valence-corrected chi connectivity index (χ2v) is 3.91. The van der Waals surface area contributed by atoms with Gasteiger partial charge in [0.2, 0.25) is 0 Å². The maximum atomic E-state index is 10.5. The molecule has 6 nitrogen and oxygen atoms in total. The van der Waals surface area contributed by atoms with Crippen molar-refractivity contribution in [1.29, 1.82) is 0 Å². The minimum atomic E-state index is -0.971. The zero-order valence-corrected chi connectivity index (χ0v) is 9.05. The summed E-state index contributed by atoms with van der Waals surface area (Å²) in [5, 5.41) is 19.1. The monoisotopic (exact) mass is 224 g/mol. The van der Waals surface area contributed by atoms with Crippen LogP contribution in [0.3, 0.4) is 0 Å². The van der Waals surface area contributed by atoms with Gasteiger partial charge in [0, 0.05) is 14.5 Å². The summed E-state index contributed by atoms with van der Waals surface area (Å²) in [5.41, 5.74) is 0.878. The second kappa shape index (κ2) is 4.34. The highest BCUT2D eigenvalue weighted by Crippen LogP contribution is 2.17. The largest absolute Gasteiger partial charge is 0.465 e. The molecule has 2 rings (SSSR count). The normalized spacial score (nSPS) is 19.8. The highest BCUT2D eigenvalue weighted by Gasteiger charge is 2.24. The van der Waals surface area contributed by atoms with E-state index in [1.807, 2.05) is 24.0 Å². The Labute approximate surface area is 94.8 Å². The number of nitrogens with one attached hydrogen (secondary N) is 1. The third kappa shape index (κ3) is 2.39. The Kier molecular flexibility index (Phi) is 2.89. The summed E-state index contributed by atoms with van der Waals surface area (Å²) < 4.78 is 0. The lowest BCUT2D eigenvalue weighted by atomic mass is 10.3. The number of anilines is 1. The topological polar surface area (TPSA) is 78.4 Å². The molecule has 2 heterocycles. The van der Waals surface area contributed by atoms with Gasteiger partial charge in [-0.25, -0.2) is 4.79 Å². The van der Waals surface area contributed by atoms with Crippen LogP contribution in [0.4, 0.5) is 10.6 Å². The molecule has 1 aromatic heterocycles. The molecule has 1 aliphatic rings. The fourth-order valence-electron chi connectivity index (χ4n) is 1.82. The van der Waals surface area contributed by atoms with E-state index >= 15 is 0 Å². The van der Waals surface area contributed by atoms with Gasteiger partial charge in [-0.1, -0.05) is 0 Å². The lowest BCUT2D eigenvalue weighted by Gasteiger charge is -2.16. The maximum Gasteiger partial charge on any atom is 0.404 e. The SMILES string of the molecule is Cc1ccc(N2CC[C@@H](NC(=O)O)C2)nn1.[HH]. The number of hydrogen-bond acceptors (Lipinski definition) is 4. The Morgan fingerprint density at radius 3 is 3.06 bits per heavy atom. The number of amides is 1. The van der Waals surface area contributed by atoms with Crippen molar-refractivity contribution in [3.63, 3.8) is 0 Å². The molecule has 1 aliphatic heterocycles. The van der Waals surface area contributed by atoms with Crippen LogP contribution in [0, 0.1) is 6.92 Å². The molecule has 1 atom stereocenters. The molecule has 1 amide bonds. The minimum absolute atomic E-state index is 0. The number of carbonyl (C=O) groups is 1. The van der Waals surface area contributed by atoms with Gasteiger partial charge in [0.05, 0.1) is 11.7 Å². The van der Waals surface area contributed by atoms with Crippen LogP contribution in [-0.4, -0.2) is 40.5 Å². The first-order valence-electron chi connectivity index (χ1n) is 5.20. The molecule has 16 heavy (non-hydrogen) atoms. The molecule has 0 radical (unpaired) electrons. The van der Waals surface area contributed by atoms with Crippen molar-refractivity contribution < 1.29 is 11.3 Å². The molecular formula is C10H16N4O2. The molecule has 88 valence electrons. The summed E-state index contributed by atoms with van der Waals surface area (Å²) in [6.07, 6.45) is -0.163. The van der Waals surface area contributed by atoms with Gasteiger partial charge in [-0.15, -0.1) is 5.10 Å². The molecule has 0 spiro atoms. The number of nitrogens with zero attached hydrogens (tertiary/aromatic N) is 3. The number of rotatable bonds is 2. The zero-order valence-electron chi connectivity index (χ0n) is 9.05. The van der Waals surface area contributed by atoms with Gasteiger partial charge in [-0.3, -0.25) is 0 Å². The van der Waals surface area contributed by atoms with Crippen LogP contribution in [0.15, 0.2) is 12.1 Å². The summed E-state index contributed by atoms with van der Waals surface area (Å²) in [4.78, 5) is 12.5. The van der Waals surface area contributed by atoms with Crippen molar-refractivity contribution >= 4 is 11.9 Å². The van der Waals surface area contributed by atoms with Crippen LogP contribution in [0.2, 0.25) is 0 Å². The van der Waals surface area contributed by atoms with E-state index in [1.165, 1.54) is 0 Å². The molecule has 6 heteroatoms. The molecule has 0 aliphatic carbocycles. The van der Waals surface area contributed by atoms with Crippen LogP contribution >= 0.6 is 0 Å².